The van der Waals surface area contributed by atoms with E-state index in [1.54, 1.807) is 56.5 Å². The van der Waals surface area contributed by atoms with Crippen molar-refractivity contribution >= 4 is 17.5 Å². The van der Waals surface area contributed by atoms with Gasteiger partial charge in [0.15, 0.2) is 17.3 Å². The fourth-order valence-electron chi connectivity index (χ4n) is 3.56. The van der Waals surface area contributed by atoms with Crippen LogP contribution >= 0.6 is 0 Å². The molecule has 0 aliphatic carbocycles. The highest BCUT2D eigenvalue weighted by molar-refractivity contribution is 6.07. The molecule has 0 atom stereocenters. The number of ether oxygens (including phenoxy) is 4. The van der Waals surface area contributed by atoms with Crippen molar-refractivity contribution < 1.29 is 28.7 Å². The van der Waals surface area contributed by atoms with Gasteiger partial charge in [-0.15, -0.1) is 0 Å². The Bertz CT molecular complexity index is 1270. The second kappa shape index (κ2) is 10.1. The minimum Gasteiger partial charge on any atom is -0.496 e. The Balaban J connectivity index is 1.47. The second-order valence-electron chi connectivity index (χ2n) is 7.62. The van der Waals surface area contributed by atoms with E-state index < -0.39 is 4.92 Å². The standard InChI is InChI=1S/C26H23NO7/c1-17-13-21(6-7-22(17)27(29)30)34-16-20-14-18(4-9-24(20)31-2)3-8-23(28)19-5-10-25-26(15-19)33-12-11-32-25/h3-10,13-15H,11-12,16H2,1-2H3/b8-3+. The maximum absolute atomic E-state index is 12.6. The molecule has 4 rings (SSSR count). The average molecular weight is 461 g/mol. The number of nitro benzene ring substituents is 1. The van der Waals surface area contributed by atoms with Gasteiger partial charge in [-0.25, -0.2) is 0 Å². The van der Waals surface area contributed by atoms with E-state index in [4.69, 9.17) is 18.9 Å². The van der Waals surface area contributed by atoms with Gasteiger partial charge < -0.3 is 18.9 Å². The number of carbonyl (C=O) groups excluding carboxylic acids is 1. The number of ketones is 1. The lowest BCUT2D eigenvalue weighted by Crippen LogP contribution is -2.15. The Morgan fingerprint density at radius 3 is 2.59 bits per heavy atom. The molecule has 0 spiro atoms. The van der Waals surface area contributed by atoms with Crippen LogP contribution in [0, 0.1) is 17.0 Å². The van der Waals surface area contributed by atoms with Crippen molar-refractivity contribution in [3.05, 3.63) is 93.0 Å². The highest BCUT2D eigenvalue weighted by atomic mass is 16.6. The molecule has 0 saturated heterocycles. The molecule has 0 aromatic heterocycles. The molecule has 0 fully saturated rings. The molecule has 1 heterocycles. The van der Waals surface area contributed by atoms with Crippen molar-refractivity contribution in [2.24, 2.45) is 0 Å². The first-order valence-electron chi connectivity index (χ1n) is 10.6. The summed E-state index contributed by atoms with van der Waals surface area (Å²) in [5.41, 5.74) is 2.63. The summed E-state index contributed by atoms with van der Waals surface area (Å²) in [5, 5.41) is 11.0. The van der Waals surface area contributed by atoms with Crippen LogP contribution in [-0.2, 0) is 6.61 Å². The van der Waals surface area contributed by atoms with Crippen LogP contribution in [-0.4, -0.2) is 31.0 Å². The normalized spacial score (nSPS) is 12.4. The van der Waals surface area contributed by atoms with Gasteiger partial charge >= 0.3 is 0 Å². The van der Waals surface area contributed by atoms with E-state index in [0.717, 1.165) is 11.1 Å². The predicted molar refractivity (Wildman–Crippen MR) is 126 cm³/mol. The summed E-state index contributed by atoms with van der Waals surface area (Å²) >= 11 is 0. The van der Waals surface area contributed by atoms with E-state index in [-0.39, 0.29) is 18.1 Å². The van der Waals surface area contributed by atoms with Gasteiger partial charge in [0.1, 0.15) is 31.3 Å². The monoisotopic (exact) mass is 461 g/mol. The molecule has 1 aliphatic rings. The van der Waals surface area contributed by atoms with Gasteiger partial charge in [0.05, 0.1) is 12.0 Å². The molecule has 3 aromatic rings. The van der Waals surface area contributed by atoms with Crippen LogP contribution in [0.2, 0.25) is 0 Å². The van der Waals surface area contributed by atoms with Gasteiger partial charge in [-0.1, -0.05) is 12.1 Å². The van der Waals surface area contributed by atoms with Crippen molar-refractivity contribution in [2.75, 3.05) is 20.3 Å². The molecule has 34 heavy (non-hydrogen) atoms. The number of aryl methyl sites for hydroxylation is 1. The lowest BCUT2D eigenvalue weighted by molar-refractivity contribution is -0.385. The van der Waals surface area contributed by atoms with Crippen LogP contribution in [0.25, 0.3) is 6.08 Å². The Hall–Kier alpha value is -4.33. The minimum absolute atomic E-state index is 0.0414. The molecule has 0 unspecified atom stereocenters. The fourth-order valence-corrected chi connectivity index (χ4v) is 3.56. The predicted octanol–water partition coefficient (Wildman–Crippen LogP) is 5.16. The fraction of sp³-hybridized carbons (Fsp3) is 0.192. The molecule has 0 saturated carbocycles. The quantitative estimate of drug-likeness (QED) is 0.198. The zero-order chi connectivity index (χ0) is 24.1. The van der Waals surface area contributed by atoms with Crippen molar-refractivity contribution in [1.29, 1.82) is 0 Å². The Morgan fingerprint density at radius 1 is 1.06 bits per heavy atom. The minimum atomic E-state index is -0.426. The van der Waals surface area contributed by atoms with Crippen LogP contribution in [0.1, 0.15) is 27.0 Å². The number of carbonyl (C=O) groups is 1. The molecule has 3 aromatic carbocycles. The first-order valence-corrected chi connectivity index (χ1v) is 10.6. The van der Waals surface area contributed by atoms with Crippen LogP contribution in [0.15, 0.2) is 60.7 Å². The lowest BCUT2D eigenvalue weighted by Gasteiger charge is -2.18. The van der Waals surface area contributed by atoms with Gasteiger partial charge in [-0.3, -0.25) is 14.9 Å². The molecule has 0 amide bonds. The van der Waals surface area contributed by atoms with E-state index in [0.29, 0.717) is 47.3 Å². The van der Waals surface area contributed by atoms with E-state index in [1.807, 2.05) is 12.1 Å². The highest BCUT2D eigenvalue weighted by Crippen LogP contribution is 2.31. The maximum atomic E-state index is 12.6. The van der Waals surface area contributed by atoms with Crippen molar-refractivity contribution in [3.63, 3.8) is 0 Å². The third-order valence-corrected chi connectivity index (χ3v) is 5.32. The number of methoxy groups -OCH3 is 1. The third kappa shape index (κ3) is 5.17. The van der Waals surface area contributed by atoms with Crippen molar-refractivity contribution in [3.8, 4) is 23.0 Å². The molecule has 0 radical (unpaired) electrons. The Labute approximate surface area is 196 Å². The van der Waals surface area contributed by atoms with Crippen LogP contribution in [0.4, 0.5) is 5.69 Å². The Morgan fingerprint density at radius 2 is 1.85 bits per heavy atom. The number of hydrogen-bond donors (Lipinski definition) is 0. The molecule has 0 N–H and O–H groups in total. The number of allylic oxidation sites excluding steroid dienone is 1. The summed E-state index contributed by atoms with van der Waals surface area (Å²) in [7, 11) is 1.57. The molecular formula is C26H23NO7. The maximum Gasteiger partial charge on any atom is 0.272 e. The zero-order valence-corrected chi connectivity index (χ0v) is 18.8. The van der Waals surface area contributed by atoms with E-state index >= 15 is 0 Å². The summed E-state index contributed by atoms with van der Waals surface area (Å²) in [6.45, 7) is 2.80. The van der Waals surface area contributed by atoms with Gasteiger partial charge in [-0.2, -0.15) is 0 Å². The number of nitro groups is 1. The third-order valence-electron chi connectivity index (χ3n) is 5.32. The van der Waals surface area contributed by atoms with Crippen LogP contribution < -0.4 is 18.9 Å². The number of fused-ring (bicyclic) bond motifs is 1. The molecule has 8 nitrogen and oxygen atoms in total. The molecule has 0 bridgehead atoms. The van der Waals surface area contributed by atoms with Gasteiger partial charge in [-0.05, 0) is 61.0 Å². The van der Waals surface area contributed by atoms with Crippen LogP contribution in [0.3, 0.4) is 0 Å². The van der Waals surface area contributed by atoms with E-state index in [1.165, 1.54) is 12.1 Å². The first-order chi connectivity index (χ1) is 16.4. The van der Waals surface area contributed by atoms with Crippen molar-refractivity contribution in [1.82, 2.24) is 0 Å². The molecule has 8 heteroatoms. The van der Waals surface area contributed by atoms with Gasteiger partial charge in [0.2, 0.25) is 0 Å². The SMILES string of the molecule is COc1ccc(/C=C/C(=O)c2ccc3c(c2)OCCO3)cc1COc1ccc([N+](=O)[O-])c(C)c1. The first kappa shape index (κ1) is 22.8. The lowest BCUT2D eigenvalue weighted by atomic mass is 10.1. The molecule has 174 valence electrons. The molecular weight excluding hydrogens is 438 g/mol. The summed E-state index contributed by atoms with van der Waals surface area (Å²) in [6.07, 6.45) is 3.22. The van der Waals surface area contributed by atoms with Crippen LogP contribution in [0.5, 0.6) is 23.0 Å². The van der Waals surface area contributed by atoms with E-state index in [2.05, 4.69) is 0 Å². The van der Waals surface area contributed by atoms with E-state index in [9.17, 15) is 14.9 Å². The van der Waals surface area contributed by atoms with Crippen molar-refractivity contribution in [2.45, 2.75) is 13.5 Å². The highest BCUT2D eigenvalue weighted by Gasteiger charge is 2.14. The number of benzene rings is 3. The number of nitrogens with zero attached hydrogens (tertiary/aromatic N) is 1. The summed E-state index contributed by atoms with van der Waals surface area (Å²) in [5.74, 6) is 2.19. The largest absolute Gasteiger partial charge is 0.496 e. The van der Waals surface area contributed by atoms with Gasteiger partial charge in [0, 0.05) is 22.8 Å². The summed E-state index contributed by atoms with van der Waals surface area (Å²) in [6, 6.07) is 15.2. The summed E-state index contributed by atoms with van der Waals surface area (Å²) < 4.78 is 22.3. The number of rotatable bonds is 8. The van der Waals surface area contributed by atoms with Gasteiger partial charge in [0.25, 0.3) is 5.69 Å². The smallest absolute Gasteiger partial charge is 0.272 e. The summed E-state index contributed by atoms with van der Waals surface area (Å²) in [4.78, 5) is 23.2. The second-order valence-corrected chi connectivity index (χ2v) is 7.62. The zero-order valence-electron chi connectivity index (χ0n) is 18.8. The Kier molecular flexibility index (Phi) is 6.77. The topological polar surface area (TPSA) is 97.1 Å². The number of hydrogen-bond acceptors (Lipinski definition) is 7. The average Bonchev–Trinajstić information content (AvgIpc) is 2.85. The molecule has 1 aliphatic heterocycles.